The quantitative estimate of drug-likeness (QED) is 0.624. The maximum absolute atomic E-state index is 12.0. The van der Waals surface area contributed by atoms with E-state index in [1.54, 1.807) is 6.07 Å². The zero-order valence-electron chi connectivity index (χ0n) is 13.2. The average Bonchev–Trinajstić information content (AvgIpc) is 2.57. The molecule has 0 saturated heterocycles. The molecule has 0 aliphatic carbocycles. The van der Waals surface area contributed by atoms with Crippen LogP contribution in [0, 0.1) is 6.92 Å². The van der Waals surface area contributed by atoms with Crippen LogP contribution in [0.15, 0.2) is 35.5 Å². The molecule has 126 valence electrons. The highest BCUT2D eigenvalue weighted by Gasteiger charge is 2.21. The number of hydrogen-bond donors (Lipinski definition) is 2. The van der Waals surface area contributed by atoms with Gasteiger partial charge in [-0.2, -0.15) is 0 Å². The Morgan fingerprint density at radius 3 is 2.96 bits per heavy atom. The monoisotopic (exact) mass is 346 g/mol. The van der Waals surface area contributed by atoms with Gasteiger partial charge in [-0.3, -0.25) is 4.79 Å². The van der Waals surface area contributed by atoms with Crippen molar-refractivity contribution in [1.82, 2.24) is 15.3 Å². The highest BCUT2D eigenvalue weighted by atomic mass is 32.2. The molecule has 2 heterocycles. The van der Waals surface area contributed by atoms with E-state index in [4.69, 9.17) is 15.2 Å². The Balaban J connectivity index is 1.45. The summed E-state index contributed by atoms with van der Waals surface area (Å²) in [5.74, 6) is 1.92. The van der Waals surface area contributed by atoms with E-state index in [0.717, 1.165) is 11.4 Å². The maximum Gasteiger partial charge on any atom is 0.230 e. The van der Waals surface area contributed by atoms with Crippen molar-refractivity contribution >= 4 is 23.5 Å². The summed E-state index contributed by atoms with van der Waals surface area (Å²) in [5, 5.41) is 3.33. The van der Waals surface area contributed by atoms with Crippen LogP contribution < -0.4 is 20.5 Å². The Morgan fingerprint density at radius 1 is 1.38 bits per heavy atom. The lowest BCUT2D eigenvalue weighted by Crippen LogP contribution is -2.41. The number of nitrogens with one attached hydrogen (secondary N) is 1. The average molecular weight is 346 g/mol. The number of nitrogens with zero attached hydrogens (tertiary/aromatic N) is 2. The van der Waals surface area contributed by atoms with Crippen molar-refractivity contribution in [3.63, 3.8) is 0 Å². The van der Waals surface area contributed by atoms with Gasteiger partial charge < -0.3 is 20.5 Å². The number of aryl methyl sites for hydroxylation is 1. The molecule has 8 heteroatoms. The Hall–Kier alpha value is -2.48. The number of amides is 1. The molecule has 2 aromatic rings. The number of benzene rings is 1. The molecular weight excluding hydrogens is 328 g/mol. The molecule has 24 heavy (non-hydrogen) atoms. The lowest BCUT2D eigenvalue weighted by atomic mass is 10.2. The molecule has 1 atom stereocenters. The van der Waals surface area contributed by atoms with Gasteiger partial charge in [0, 0.05) is 11.8 Å². The predicted molar refractivity (Wildman–Crippen MR) is 91.3 cm³/mol. The Labute approximate surface area is 144 Å². The summed E-state index contributed by atoms with van der Waals surface area (Å²) in [7, 11) is 0. The van der Waals surface area contributed by atoms with E-state index in [1.807, 2.05) is 31.2 Å². The third-order valence-corrected chi connectivity index (χ3v) is 4.13. The summed E-state index contributed by atoms with van der Waals surface area (Å²) in [5.41, 5.74) is 6.44. The standard InChI is InChI=1S/C16H18N4O3S/c1-10-6-14(17)20-16(19-10)24-9-15(21)18-7-11-8-22-12-4-2-3-5-13(12)23-11/h2-6,11H,7-9H2,1H3,(H,18,21)(H2,17,19,20)/t11-/m0/s1. The van der Waals surface area contributed by atoms with Crippen LogP contribution in [0.3, 0.4) is 0 Å². The van der Waals surface area contributed by atoms with Gasteiger partial charge in [0.05, 0.1) is 12.3 Å². The van der Waals surface area contributed by atoms with Gasteiger partial charge in [-0.05, 0) is 19.1 Å². The van der Waals surface area contributed by atoms with E-state index < -0.39 is 0 Å². The number of para-hydroxylation sites is 2. The van der Waals surface area contributed by atoms with E-state index in [-0.39, 0.29) is 17.8 Å². The number of anilines is 1. The fourth-order valence-corrected chi connectivity index (χ4v) is 2.94. The van der Waals surface area contributed by atoms with Crippen LogP contribution >= 0.6 is 11.8 Å². The van der Waals surface area contributed by atoms with Gasteiger partial charge in [-0.15, -0.1) is 0 Å². The molecule has 1 aromatic heterocycles. The first-order chi connectivity index (χ1) is 11.6. The van der Waals surface area contributed by atoms with Crippen molar-refractivity contribution in [2.45, 2.75) is 18.2 Å². The molecule has 0 fully saturated rings. The van der Waals surface area contributed by atoms with Crippen LogP contribution in [-0.4, -0.2) is 40.9 Å². The largest absolute Gasteiger partial charge is 0.486 e. The number of aromatic nitrogens is 2. The summed E-state index contributed by atoms with van der Waals surface area (Å²) < 4.78 is 11.4. The van der Waals surface area contributed by atoms with Crippen LogP contribution in [0.4, 0.5) is 5.82 Å². The number of rotatable bonds is 5. The first-order valence-electron chi connectivity index (χ1n) is 7.49. The van der Waals surface area contributed by atoms with Crippen molar-refractivity contribution < 1.29 is 14.3 Å². The first kappa shape index (κ1) is 16.4. The van der Waals surface area contributed by atoms with Crippen LogP contribution in [0.25, 0.3) is 0 Å². The summed E-state index contributed by atoms with van der Waals surface area (Å²) in [6.45, 7) is 2.62. The number of nitrogen functional groups attached to an aromatic ring is 1. The van der Waals surface area contributed by atoms with Gasteiger partial charge in [0.2, 0.25) is 5.91 Å². The molecule has 1 aromatic carbocycles. The Bertz CT molecular complexity index is 721. The first-order valence-corrected chi connectivity index (χ1v) is 8.48. The normalized spacial score (nSPS) is 15.8. The highest BCUT2D eigenvalue weighted by Crippen LogP contribution is 2.30. The molecule has 0 bridgehead atoms. The number of nitrogens with two attached hydrogens (primary N) is 1. The van der Waals surface area contributed by atoms with Crippen LogP contribution in [0.1, 0.15) is 5.69 Å². The number of carbonyl (C=O) groups is 1. The topological polar surface area (TPSA) is 99.4 Å². The van der Waals surface area contributed by atoms with Crippen molar-refractivity contribution in [2.75, 3.05) is 24.6 Å². The summed E-state index contributed by atoms with van der Waals surface area (Å²) in [6, 6.07) is 9.16. The zero-order chi connectivity index (χ0) is 16.9. The summed E-state index contributed by atoms with van der Waals surface area (Å²) in [6.07, 6.45) is -0.209. The number of hydrogen-bond acceptors (Lipinski definition) is 7. The lowest BCUT2D eigenvalue weighted by molar-refractivity contribution is -0.119. The van der Waals surface area contributed by atoms with Crippen LogP contribution in [-0.2, 0) is 4.79 Å². The van der Waals surface area contributed by atoms with E-state index in [2.05, 4.69) is 15.3 Å². The minimum absolute atomic E-state index is 0.119. The molecule has 0 saturated carbocycles. The molecule has 3 rings (SSSR count). The van der Waals surface area contributed by atoms with Crippen LogP contribution in [0.2, 0.25) is 0 Å². The number of ether oxygens (including phenoxy) is 2. The zero-order valence-corrected chi connectivity index (χ0v) is 14.0. The van der Waals surface area contributed by atoms with Gasteiger partial charge in [0.15, 0.2) is 16.7 Å². The molecule has 3 N–H and O–H groups in total. The molecule has 0 radical (unpaired) electrons. The molecule has 1 aliphatic heterocycles. The van der Waals surface area contributed by atoms with Crippen molar-refractivity contribution in [3.8, 4) is 11.5 Å². The maximum atomic E-state index is 12.0. The fraction of sp³-hybridized carbons (Fsp3) is 0.312. The molecule has 1 amide bonds. The minimum atomic E-state index is -0.209. The molecule has 0 unspecified atom stereocenters. The van der Waals surface area contributed by atoms with Crippen LogP contribution in [0.5, 0.6) is 11.5 Å². The SMILES string of the molecule is Cc1cc(N)nc(SCC(=O)NC[C@H]2COc3ccccc3O2)n1. The van der Waals surface area contributed by atoms with E-state index in [1.165, 1.54) is 11.8 Å². The van der Waals surface area contributed by atoms with Gasteiger partial charge >= 0.3 is 0 Å². The smallest absolute Gasteiger partial charge is 0.230 e. The van der Waals surface area contributed by atoms with Gasteiger partial charge in [0.25, 0.3) is 0 Å². The lowest BCUT2D eigenvalue weighted by Gasteiger charge is -2.26. The van der Waals surface area contributed by atoms with E-state index in [9.17, 15) is 4.79 Å². The summed E-state index contributed by atoms with van der Waals surface area (Å²) >= 11 is 1.25. The van der Waals surface area contributed by atoms with Gasteiger partial charge in [-0.25, -0.2) is 9.97 Å². The minimum Gasteiger partial charge on any atom is -0.486 e. The third-order valence-electron chi connectivity index (χ3n) is 3.28. The van der Waals surface area contributed by atoms with E-state index in [0.29, 0.717) is 29.9 Å². The molecule has 1 aliphatic rings. The second kappa shape index (κ2) is 7.39. The Morgan fingerprint density at radius 2 is 2.17 bits per heavy atom. The summed E-state index contributed by atoms with van der Waals surface area (Å²) in [4.78, 5) is 20.3. The second-order valence-corrected chi connectivity index (χ2v) is 6.25. The number of carbonyl (C=O) groups excluding carboxylic acids is 1. The number of thioether (sulfide) groups is 1. The van der Waals surface area contributed by atoms with Crippen molar-refractivity contribution in [3.05, 3.63) is 36.0 Å². The van der Waals surface area contributed by atoms with Crippen molar-refractivity contribution in [2.24, 2.45) is 0 Å². The number of fused-ring (bicyclic) bond motifs is 1. The van der Waals surface area contributed by atoms with Crippen molar-refractivity contribution in [1.29, 1.82) is 0 Å². The van der Waals surface area contributed by atoms with Gasteiger partial charge in [-0.1, -0.05) is 23.9 Å². The van der Waals surface area contributed by atoms with E-state index >= 15 is 0 Å². The molecular formula is C16H18N4O3S. The fourth-order valence-electron chi connectivity index (χ4n) is 2.20. The predicted octanol–water partition coefficient (Wildman–Crippen LogP) is 1.42. The Kier molecular flexibility index (Phi) is 5.05. The van der Waals surface area contributed by atoms with Gasteiger partial charge in [0.1, 0.15) is 18.5 Å². The molecule has 0 spiro atoms. The third kappa shape index (κ3) is 4.29. The highest BCUT2D eigenvalue weighted by molar-refractivity contribution is 7.99. The molecule has 7 nitrogen and oxygen atoms in total. The second-order valence-electron chi connectivity index (χ2n) is 5.31.